The fourth-order valence-electron chi connectivity index (χ4n) is 1.55. The summed E-state index contributed by atoms with van der Waals surface area (Å²) >= 11 is 0. The van der Waals surface area contributed by atoms with Gasteiger partial charge in [0.15, 0.2) is 0 Å². The molecule has 14 nitrogen and oxygen atoms in total. The minimum atomic E-state index is -2.03. The molecule has 0 radical (unpaired) electrons. The van der Waals surface area contributed by atoms with Crippen molar-refractivity contribution in [3.8, 4) is 0 Å². The van der Waals surface area contributed by atoms with E-state index in [4.69, 9.17) is 42.1 Å². The van der Waals surface area contributed by atoms with Crippen LogP contribution < -0.4 is 11.5 Å². The number of aliphatic carboxylic acids is 2. The fraction of sp³-hybridized carbons (Fsp3) is 0.625. The third-order valence-corrected chi connectivity index (χ3v) is 2.97. The number of carbonyl (C=O) groups excluding carboxylic acids is 4. The van der Waals surface area contributed by atoms with Crippen LogP contribution in [-0.2, 0) is 28.8 Å². The topological polar surface area (TPSA) is 267 Å². The van der Waals surface area contributed by atoms with Crippen molar-refractivity contribution < 1.29 is 39.0 Å². The average Bonchev–Trinajstić information content (AvgIpc) is 2.68. The SMILES string of the molecule is CCCCC(N=C=O)(N=C=O)C(=O)O.N=C=O.N=C=O.NCCCC[C@H](N)C(=O)O. The molecule has 0 saturated carbocycles. The molecule has 168 valence electrons. The molecule has 0 aliphatic carbocycles. The molecule has 8 N–H and O–H groups in total. The molecule has 0 aromatic rings. The highest BCUT2D eigenvalue weighted by atomic mass is 16.4. The molecule has 1 atom stereocenters. The molecule has 0 bridgehead atoms. The summed E-state index contributed by atoms with van der Waals surface area (Å²) in [5, 5.41) is 27.9. The standard InChI is InChI=1S/C8H10N2O4.C6H14N2O2.2CHNO/c1-2-3-4-8(7(13)14,9-5-11)10-6-12;7-4-2-1-3-5(8)6(9)10;2*2-1-3/h2-4H2,1H3,(H,13,14);5H,1-4,7-8H2,(H,9,10);2*2H/t;5-;;/m.0../s1. The lowest BCUT2D eigenvalue weighted by molar-refractivity contribution is -0.143. The van der Waals surface area contributed by atoms with Crippen LogP contribution in [0.25, 0.3) is 0 Å². The van der Waals surface area contributed by atoms with Gasteiger partial charge in [0.2, 0.25) is 24.3 Å². The summed E-state index contributed by atoms with van der Waals surface area (Å²) in [6.07, 6.45) is 7.06. The van der Waals surface area contributed by atoms with E-state index in [0.717, 1.165) is 37.2 Å². The number of hydrogen-bond donors (Lipinski definition) is 6. The Hall–Kier alpha value is -3.62. The Morgan fingerprint density at radius 1 is 1.00 bits per heavy atom. The molecular weight excluding hydrogens is 404 g/mol. The van der Waals surface area contributed by atoms with Crippen molar-refractivity contribution in [3.05, 3.63) is 0 Å². The number of carboxylic acids is 2. The van der Waals surface area contributed by atoms with Gasteiger partial charge in [-0.15, -0.1) is 0 Å². The van der Waals surface area contributed by atoms with Crippen molar-refractivity contribution in [1.82, 2.24) is 0 Å². The van der Waals surface area contributed by atoms with E-state index >= 15 is 0 Å². The van der Waals surface area contributed by atoms with Crippen LogP contribution in [0.3, 0.4) is 0 Å². The van der Waals surface area contributed by atoms with Crippen LogP contribution in [0.5, 0.6) is 0 Å². The van der Waals surface area contributed by atoms with Gasteiger partial charge in [-0.3, -0.25) is 4.79 Å². The Morgan fingerprint density at radius 3 is 1.70 bits per heavy atom. The second-order valence-electron chi connectivity index (χ2n) is 5.06. The first-order valence-corrected chi connectivity index (χ1v) is 8.32. The van der Waals surface area contributed by atoms with Crippen LogP contribution in [0.15, 0.2) is 9.98 Å². The van der Waals surface area contributed by atoms with Gasteiger partial charge >= 0.3 is 11.9 Å². The largest absolute Gasteiger partial charge is 0.480 e. The zero-order valence-corrected chi connectivity index (χ0v) is 16.4. The summed E-state index contributed by atoms with van der Waals surface area (Å²) in [7, 11) is 0. The molecule has 0 aliphatic rings. The number of nitrogens with one attached hydrogen (secondary N) is 2. The maximum atomic E-state index is 10.8. The lowest BCUT2D eigenvalue weighted by Gasteiger charge is -2.15. The van der Waals surface area contributed by atoms with Gasteiger partial charge in [0.25, 0.3) is 5.66 Å². The molecule has 0 aromatic heterocycles. The second-order valence-corrected chi connectivity index (χ2v) is 5.06. The van der Waals surface area contributed by atoms with Crippen molar-refractivity contribution in [2.45, 2.75) is 57.2 Å². The first-order valence-electron chi connectivity index (χ1n) is 8.32. The number of carbonyl (C=O) groups is 2. The lowest BCUT2D eigenvalue weighted by atomic mass is 10.0. The summed E-state index contributed by atoms with van der Waals surface area (Å²) in [4.78, 5) is 63.7. The number of hydrogen-bond acceptors (Lipinski definition) is 12. The van der Waals surface area contributed by atoms with E-state index in [1.165, 1.54) is 0 Å². The number of nitrogens with zero attached hydrogens (tertiary/aromatic N) is 2. The number of unbranched alkanes of at least 4 members (excludes halogenated alkanes) is 2. The molecule has 14 heteroatoms. The molecule has 0 fully saturated rings. The Morgan fingerprint density at radius 2 is 1.43 bits per heavy atom. The predicted octanol–water partition coefficient (Wildman–Crippen LogP) is -0.0417. The van der Waals surface area contributed by atoms with Crippen LogP contribution in [-0.4, -0.2) is 64.7 Å². The molecule has 0 rings (SSSR count). The smallest absolute Gasteiger partial charge is 0.356 e. The van der Waals surface area contributed by atoms with Gasteiger partial charge in [-0.1, -0.05) is 19.8 Å². The Balaban J connectivity index is -0.000000183. The van der Waals surface area contributed by atoms with Gasteiger partial charge in [0.1, 0.15) is 6.04 Å². The zero-order chi connectivity index (χ0) is 24.4. The molecule has 30 heavy (non-hydrogen) atoms. The molecule has 0 unspecified atom stereocenters. The van der Waals surface area contributed by atoms with Crippen molar-refractivity contribution in [2.75, 3.05) is 6.54 Å². The Bertz CT molecular complexity index is 609. The summed E-state index contributed by atoms with van der Waals surface area (Å²) in [6.45, 7) is 2.44. The Kier molecular flexibility index (Phi) is 28.7. The molecule has 0 spiro atoms. The normalized spacial score (nSPS) is 11.0. The van der Waals surface area contributed by atoms with E-state index in [2.05, 4.69) is 9.98 Å². The van der Waals surface area contributed by atoms with E-state index in [1.54, 1.807) is 0 Å². The number of carboxylic acid groups (broad SMARTS) is 2. The maximum Gasteiger partial charge on any atom is 0.356 e. The summed E-state index contributed by atoms with van der Waals surface area (Å²) < 4.78 is 0. The summed E-state index contributed by atoms with van der Waals surface area (Å²) in [5.74, 6) is -2.38. The quantitative estimate of drug-likeness (QED) is 0.144. The molecular formula is C16H26N6O8. The van der Waals surface area contributed by atoms with Crippen molar-refractivity contribution in [3.63, 3.8) is 0 Å². The third-order valence-electron chi connectivity index (χ3n) is 2.97. The second kappa shape index (κ2) is 25.4. The number of rotatable bonds is 11. The molecule has 0 heterocycles. The number of isocyanates is 4. The average molecular weight is 430 g/mol. The maximum absolute atomic E-state index is 10.8. The molecule has 0 amide bonds. The van der Waals surface area contributed by atoms with Gasteiger partial charge in [-0.2, -0.15) is 9.98 Å². The van der Waals surface area contributed by atoms with Gasteiger partial charge in [0.05, 0.1) is 0 Å². The van der Waals surface area contributed by atoms with Crippen LogP contribution in [0.4, 0.5) is 0 Å². The summed E-state index contributed by atoms with van der Waals surface area (Å²) in [5.41, 5.74) is 8.39. The van der Waals surface area contributed by atoms with Crippen molar-refractivity contribution in [2.24, 2.45) is 21.5 Å². The minimum absolute atomic E-state index is 0.0106. The first kappa shape index (κ1) is 33.9. The molecule has 0 aromatic carbocycles. The first-order chi connectivity index (χ1) is 14.1. The lowest BCUT2D eigenvalue weighted by Crippen LogP contribution is -2.34. The third kappa shape index (κ3) is 22.4. The van der Waals surface area contributed by atoms with Crippen LogP contribution in [0.2, 0.25) is 0 Å². The number of aliphatic imine (C=N–C) groups is 2. The molecule has 0 aliphatic heterocycles. The monoisotopic (exact) mass is 430 g/mol. The van der Waals surface area contributed by atoms with E-state index < -0.39 is 23.6 Å². The van der Waals surface area contributed by atoms with Crippen molar-refractivity contribution >= 4 is 36.3 Å². The highest BCUT2D eigenvalue weighted by molar-refractivity contribution is 5.80. The highest BCUT2D eigenvalue weighted by Gasteiger charge is 2.38. The van der Waals surface area contributed by atoms with Gasteiger partial charge < -0.3 is 21.7 Å². The van der Waals surface area contributed by atoms with E-state index in [1.807, 2.05) is 6.92 Å². The fourth-order valence-corrected chi connectivity index (χ4v) is 1.55. The van der Waals surface area contributed by atoms with Crippen LogP contribution >= 0.6 is 0 Å². The van der Waals surface area contributed by atoms with E-state index in [0.29, 0.717) is 25.8 Å². The van der Waals surface area contributed by atoms with Gasteiger partial charge in [0, 0.05) is 6.42 Å². The van der Waals surface area contributed by atoms with Crippen LogP contribution in [0, 0.1) is 10.8 Å². The minimum Gasteiger partial charge on any atom is -0.480 e. The van der Waals surface area contributed by atoms with Crippen LogP contribution in [0.1, 0.15) is 45.4 Å². The summed E-state index contributed by atoms with van der Waals surface area (Å²) in [6, 6.07) is -0.716. The van der Waals surface area contributed by atoms with E-state index in [9.17, 15) is 19.2 Å². The van der Waals surface area contributed by atoms with Gasteiger partial charge in [-0.25, -0.2) is 34.8 Å². The number of nitrogens with two attached hydrogens (primary N) is 2. The zero-order valence-electron chi connectivity index (χ0n) is 16.4. The van der Waals surface area contributed by atoms with Gasteiger partial charge in [-0.05, 0) is 25.8 Å². The predicted molar refractivity (Wildman–Crippen MR) is 101 cm³/mol. The Labute approximate surface area is 172 Å². The van der Waals surface area contributed by atoms with Crippen molar-refractivity contribution in [1.29, 1.82) is 10.8 Å². The van der Waals surface area contributed by atoms with E-state index in [-0.39, 0.29) is 6.42 Å². The highest BCUT2D eigenvalue weighted by Crippen LogP contribution is 2.20. The molecule has 0 saturated heterocycles.